The third kappa shape index (κ3) is 3.58. The minimum atomic E-state index is -0.0290. The van der Waals surface area contributed by atoms with Gasteiger partial charge in [-0.2, -0.15) is 0 Å². The molecule has 1 unspecified atom stereocenters. The van der Waals surface area contributed by atoms with Crippen LogP contribution in [0.4, 0.5) is 0 Å². The van der Waals surface area contributed by atoms with Gasteiger partial charge in [0.25, 0.3) is 0 Å². The first kappa shape index (κ1) is 24.9. The molecule has 43 heavy (non-hydrogen) atoms. The first-order chi connectivity index (χ1) is 21.1. The number of benzene rings is 5. The van der Waals surface area contributed by atoms with Crippen LogP contribution < -0.4 is 10.6 Å². The van der Waals surface area contributed by atoms with E-state index in [4.69, 9.17) is 0 Å². The van der Waals surface area contributed by atoms with Crippen LogP contribution in [0.2, 0.25) is 0 Å². The van der Waals surface area contributed by atoms with Crippen molar-refractivity contribution >= 4 is 23.1 Å². The van der Waals surface area contributed by atoms with E-state index in [1.54, 1.807) is 0 Å². The van der Waals surface area contributed by atoms with Gasteiger partial charge in [0.15, 0.2) is 0 Å². The van der Waals surface area contributed by atoms with E-state index in [9.17, 15) is 0 Å². The summed E-state index contributed by atoms with van der Waals surface area (Å²) in [6.07, 6.45) is 9.33. The summed E-state index contributed by atoms with van der Waals surface area (Å²) >= 11 is 0. The van der Waals surface area contributed by atoms with E-state index in [1.807, 2.05) is 0 Å². The molecule has 3 aliphatic carbocycles. The molecule has 1 heteroatoms. The Morgan fingerprint density at radius 1 is 0.651 bits per heavy atom. The lowest BCUT2D eigenvalue weighted by Crippen LogP contribution is -2.30. The van der Waals surface area contributed by atoms with Crippen molar-refractivity contribution in [3.05, 3.63) is 148 Å². The highest BCUT2D eigenvalue weighted by molar-refractivity contribution is 5.94. The van der Waals surface area contributed by atoms with Crippen molar-refractivity contribution in [3.8, 4) is 27.9 Å². The monoisotopic (exact) mass is 553 g/mol. The minimum absolute atomic E-state index is 0.0290. The van der Waals surface area contributed by atoms with Crippen LogP contribution in [0.15, 0.2) is 109 Å². The lowest BCUT2D eigenvalue weighted by atomic mass is 9.82. The summed E-state index contributed by atoms with van der Waals surface area (Å²) in [4.78, 5) is 0. The highest BCUT2D eigenvalue weighted by Crippen LogP contribution is 2.50. The Morgan fingerprint density at radius 3 is 2.30 bits per heavy atom. The van der Waals surface area contributed by atoms with E-state index in [0.717, 1.165) is 25.7 Å². The average molecular weight is 554 g/mol. The standard InChI is InChI=1S/C42H35N/c1-42(2)38-18-10-8-16-33(38)36-25-37-34-17-9-11-19-40(34)43(41(37)26-39(36)42)29-21-23-32-31(27-12-4-3-5-13-27)22-20-28-14-6-7-15-30(28)35(32)24-29/h3-8,10,12-19,21,23-26,31H,9,11,20,22H2,1-2H3. The summed E-state index contributed by atoms with van der Waals surface area (Å²) in [5.74, 6) is 0.385. The smallest absolute Gasteiger partial charge is 0.0544 e. The molecule has 208 valence electrons. The molecule has 0 N–H and O–H groups in total. The van der Waals surface area contributed by atoms with E-state index in [2.05, 4.69) is 140 Å². The van der Waals surface area contributed by atoms with Crippen molar-refractivity contribution in [1.82, 2.24) is 4.57 Å². The average Bonchev–Trinajstić information content (AvgIpc) is 3.42. The zero-order chi connectivity index (χ0) is 28.7. The van der Waals surface area contributed by atoms with Gasteiger partial charge in [0, 0.05) is 33.0 Å². The molecule has 0 spiro atoms. The molecule has 1 nitrogen and oxygen atoms in total. The Bertz CT molecular complexity index is 2210. The van der Waals surface area contributed by atoms with Gasteiger partial charge >= 0.3 is 0 Å². The first-order valence-electron chi connectivity index (χ1n) is 15.9. The molecule has 0 saturated heterocycles. The Morgan fingerprint density at radius 2 is 1.42 bits per heavy atom. The van der Waals surface area contributed by atoms with Crippen LogP contribution in [0.25, 0.3) is 51.0 Å². The topological polar surface area (TPSA) is 4.93 Å². The SMILES string of the molecule is CC1(C)c2ccccc2-c2cc3c4c(n(-c5ccc6c(c5)-c5ccccc5CCC6c5ccccc5)c3cc21)=CCCC=4. The number of aromatic nitrogens is 1. The summed E-state index contributed by atoms with van der Waals surface area (Å²) < 4.78 is 2.56. The summed E-state index contributed by atoms with van der Waals surface area (Å²) in [6, 6.07) is 41.5. The third-order valence-corrected chi connectivity index (χ3v) is 10.5. The van der Waals surface area contributed by atoms with Crippen LogP contribution >= 0.6 is 0 Å². The van der Waals surface area contributed by atoms with Gasteiger partial charge in [-0.25, -0.2) is 0 Å². The van der Waals surface area contributed by atoms with Gasteiger partial charge in [0.1, 0.15) is 0 Å². The van der Waals surface area contributed by atoms with Crippen molar-refractivity contribution in [3.63, 3.8) is 0 Å². The maximum absolute atomic E-state index is 2.56. The molecule has 1 heterocycles. The van der Waals surface area contributed by atoms with E-state index < -0.39 is 0 Å². The minimum Gasteiger partial charge on any atom is -0.310 e. The Balaban J connectivity index is 1.32. The first-order valence-corrected chi connectivity index (χ1v) is 15.9. The Kier molecular flexibility index (Phi) is 5.33. The lowest BCUT2D eigenvalue weighted by Gasteiger charge is -2.22. The van der Waals surface area contributed by atoms with Crippen molar-refractivity contribution in [1.29, 1.82) is 0 Å². The maximum Gasteiger partial charge on any atom is 0.0544 e. The van der Waals surface area contributed by atoms with Gasteiger partial charge in [0.2, 0.25) is 0 Å². The highest BCUT2D eigenvalue weighted by atomic mass is 15.0. The fourth-order valence-corrected chi connectivity index (χ4v) is 8.38. The normalized spacial score (nSPS) is 17.5. The molecule has 1 atom stereocenters. The molecule has 0 radical (unpaired) electrons. The molecule has 0 aliphatic heterocycles. The molecular formula is C42H35N. The van der Waals surface area contributed by atoms with Gasteiger partial charge in [-0.05, 0) is 100 Å². The van der Waals surface area contributed by atoms with Crippen LogP contribution in [0, 0.1) is 0 Å². The number of hydrogen-bond acceptors (Lipinski definition) is 0. The quantitative estimate of drug-likeness (QED) is 0.202. The van der Waals surface area contributed by atoms with Gasteiger partial charge in [-0.1, -0.05) is 111 Å². The molecular weight excluding hydrogens is 518 g/mol. The zero-order valence-corrected chi connectivity index (χ0v) is 24.9. The lowest BCUT2D eigenvalue weighted by molar-refractivity contribution is 0.661. The van der Waals surface area contributed by atoms with Gasteiger partial charge in [-0.3, -0.25) is 0 Å². The summed E-state index contributed by atoms with van der Waals surface area (Å²) in [5, 5.41) is 4.11. The number of aryl methyl sites for hydroxylation is 1. The molecule has 9 rings (SSSR count). The second-order valence-electron chi connectivity index (χ2n) is 13.1. The van der Waals surface area contributed by atoms with Crippen molar-refractivity contribution in [2.45, 2.75) is 50.9 Å². The molecule has 0 amide bonds. The summed E-state index contributed by atoms with van der Waals surface area (Å²) in [6.45, 7) is 4.77. The van der Waals surface area contributed by atoms with Crippen LogP contribution in [0.5, 0.6) is 0 Å². The van der Waals surface area contributed by atoms with Crippen LogP contribution in [-0.4, -0.2) is 4.57 Å². The van der Waals surface area contributed by atoms with E-state index in [0.29, 0.717) is 5.92 Å². The Labute approximate surface area is 253 Å². The number of hydrogen-bond donors (Lipinski definition) is 0. The molecule has 5 aromatic carbocycles. The van der Waals surface area contributed by atoms with E-state index in [1.165, 1.54) is 77.2 Å². The molecule has 3 aliphatic rings. The second kappa shape index (κ2) is 9.19. The van der Waals surface area contributed by atoms with Gasteiger partial charge < -0.3 is 4.57 Å². The number of rotatable bonds is 2. The third-order valence-electron chi connectivity index (χ3n) is 10.5. The van der Waals surface area contributed by atoms with Gasteiger partial charge in [0.05, 0.1) is 5.52 Å². The molecule has 1 aromatic heterocycles. The van der Waals surface area contributed by atoms with Crippen LogP contribution in [-0.2, 0) is 11.8 Å². The molecule has 0 bridgehead atoms. The Hall–Kier alpha value is -4.62. The predicted molar refractivity (Wildman–Crippen MR) is 180 cm³/mol. The van der Waals surface area contributed by atoms with Crippen molar-refractivity contribution in [2.24, 2.45) is 0 Å². The number of fused-ring (bicyclic) bond motifs is 9. The van der Waals surface area contributed by atoms with E-state index in [-0.39, 0.29) is 5.41 Å². The molecule has 6 aromatic rings. The van der Waals surface area contributed by atoms with Crippen LogP contribution in [0.3, 0.4) is 0 Å². The maximum atomic E-state index is 2.56. The van der Waals surface area contributed by atoms with Gasteiger partial charge in [-0.15, -0.1) is 0 Å². The second-order valence-corrected chi connectivity index (χ2v) is 13.1. The highest BCUT2D eigenvalue weighted by Gasteiger charge is 2.36. The summed E-state index contributed by atoms with van der Waals surface area (Å²) in [7, 11) is 0. The van der Waals surface area contributed by atoms with Crippen LogP contribution in [0.1, 0.15) is 66.8 Å². The fraction of sp³-hybridized carbons (Fsp3) is 0.190. The van der Waals surface area contributed by atoms with E-state index >= 15 is 0 Å². The largest absolute Gasteiger partial charge is 0.310 e. The summed E-state index contributed by atoms with van der Waals surface area (Å²) in [5.41, 5.74) is 15.3. The zero-order valence-electron chi connectivity index (χ0n) is 24.9. The number of nitrogens with zero attached hydrogens (tertiary/aromatic N) is 1. The van der Waals surface area contributed by atoms with Crippen molar-refractivity contribution in [2.75, 3.05) is 0 Å². The van der Waals surface area contributed by atoms with Crippen molar-refractivity contribution < 1.29 is 0 Å². The molecule has 0 saturated carbocycles. The predicted octanol–water partition coefficient (Wildman–Crippen LogP) is 9.04. The fourth-order valence-electron chi connectivity index (χ4n) is 8.38. The molecule has 0 fully saturated rings.